The number of nitrogens with zero attached hydrogens (tertiary/aromatic N) is 6. The van der Waals surface area contributed by atoms with Crippen molar-refractivity contribution in [2.24, 2.45) is 0 Å². The van der Waals surface area contributed by atoms with Crippen molar-refractivity contribution in [3.63, 3.8) is 0 Å². The Hall–Kier alpha value is -3.39. The molecule has 0 spiro atoms. The van der Waals surface area contributed by atoms with Gasteiger partial charge in [-0.15, -0.1) is 0 Å². The lowest BCUT2D eigenvalue weighted by molar-refractivity contribution is 0.782. The third-order valence-electron chi connectivity index (χ3n) is 3.06. The second kappa shape index (κ2) is 8.15. The van der Waals surface area contributed by atoms with E-state index in [0.717, 1.165) is 0 Å². The van der Waals surface area contributed by atoms with Gasteiger partial charge in [0.15, 0.2) is 11.6 Å². The molecule has 0 aliphatic heterocycles. The van der Waals surface area contributed by atoms with Gasteiger partial charge >= 0.3 is 0 Å². The first-order valence-electron chi connectivity index (χ1n) is 7.03. The lowest BCUT2D eigenvalue weighted by Crippen LogP contribution is -2.27. The Labute approximate surface area is 134 Å². The third-order valence-corrected chi connectivity index (χ3v) is 3.06. The molecule has 2 heterocycles. The number of nitriles is 2. The smallest absolute Gasteiger partial charge is 0.160 e. The molecule has 2 aromatic rings. The highest BCUT2D eigenvalue weighted by Crippen LogP contribution is 2.28. The first-order chi connectivity index (χ1) is 11.3. The zero-order valence-corrected chi connectivity index (χ0v) is 12.5. The largest absolute Gasteiger partial charge is 0.393 e. The van der Waals surface area contributed by atoms with E-state index in [-0.39, 0.29) is 0 Å². The molecule has 0 bridgehead atoms. The Morgan fingerprint density at radius 2 is 1.83 bits per heavy atom. The summed E-state index contributed by atoms with van der Waals surface area (Å²) >= 11 is 0. The van der Waals surface area contributed by atoms with Crippen LogP contribution in [0.2, 0.25) is 0 Å². The second-order valence-electron chi connectivity index (χ2n) is 4.60. The number of hydrogen-bond donors (Lipinski definition) is 2. The summed E-state index contributed by atoms with van der Waals surface area (Å²) in [6.07, 6.45) is 3.69. The van der Waals surface area contributed by atoms with Crippen molar-refractivity contribution in [2.45, 2.75) is 12.8 Å². The first-order valence-corrected chi connectivity index (χ1v) is 7.03. The molecule has 0 unspecified atom stereocenters. The second-order valence-corrected chi connectivity index (χ2v) is 4.60. The molecule has 3 N–H and O–H groups in total. The number of anilines is 4. The van der Waals surface area contributed by atoms with Gasteiger partial charge in [-0.25, -0.2) is 15.0 Å². The number of nitrogens with two attached hydrogens (primary N) is 1. The van der Waals surface area contributed by atoms with Crippen molar-refractivity contribution >= 4 is 23.1 Å². The molecule has 0 saturated heterocycles. The van der Waals surface area contributed by atoms with E-state index < -0.39 is 0 Å². The van der Waals surface area contributed by atoms with E-state index in [9.17, 15) is 0 Å². The van der Waals surface area contributed by atoms with Gasteiger partial charge in [-0.05, 0) is 12.1 Å². The van der Waals surface area contributed by atoms with Gasteiger partial charge in [-0.1, -0.05) is 6.07 Å². The van der Waals surface area contributed by atoms with Gasteiger partial charge in [-0.3, -0.25) is 0 Å². The predicted octanol–water partition coefficient (Wildman–Crippen LogP) is 1.83. The molecule has 0 radical (unpaired) electrons. The molecule has 0 saturated carbocycles. The van der Waals surface area contributed by atoms with E-state index in [2.05, 4.69) is 32.4 Å². The van der Waals surface area contributed by atoms with Crippen LogP contribution < -0.4 is 16.0 Å². The molecule has 0 aromatic carbocycles. The Bertz CT molecular complexity index is 698. The van der Waals surface area contributed by atoms with Gasteiger partial charge in [0.05, 0.1) is 25.0 Å². The van der Waals surface area contributed by atoms with Gasteiger partial charge in [0.25, 0.3) is 0 Å². The SMILES string of the molecule is N#CCCN(CCC#N)c1ncnc(Nc2ccccn2)c1N. The molecule has 116 valence electrons. The predicted molar refractivity (Wildman–Crippen MR) is 86.6 cm³/mol. The monoisotopic (exact) mass is 308 g/mol. The molecule has 8 nitrogen and oxygen atoms in total. The fourth-order valence-corrected chi connectivity index (χ4v) is 1.99. The quantitative estimate of drug-likeness (QED) is 0.792. The normalized spacial score (nSPS) is 9.65. The third kappa shape index (κ3) is 4.29. The van der Waals surface area contributed by atoms with E-state index in [4.69, 9.17) is 16.3 Å². The van der Waals surface area contributed by atoms with Crippen molar-refractivity contribution in [1.29, 1.82) is 10.5 Å². The summed E-state index contributed by atoms with van der Waals surface area (Å²) in [7, 11) is 0. The van der Waals surface area contributed by atoms with Crippen molar-refractivity contribution in [1.82, 2.24) is 15.0 Å². The topological polar surface area (TPSA) is 128 Å². The summed E-state index contributed by atoms with van der Waals surface area (Å²) in [6.45, 7) is 0.894. The molecular weight excluding hydrogens is 292 g/mol. The zero-order valence-electron chi connectivity index (χ0n) is 12.5. The molecule has 0 aliphatic rings. The van der Waals surface area contributed by atoms with Crippen LogP contribution in [0.1, 0.15) is 12.8 Å². The van der Waals surface area contributed by atoms with Crippen LogP contribution in [-0.4, -0.2) is 28.0 Å². The fraction of sp³-hybridized carbons (Fsp3) is 0.267. The van der Waals surface area contributed by atoms with Gasteiger partial charge in [-0.2, -0.15) is 10.5 Å². The van der Waals surface area contributed by atoms with Gasteiger partial charge in [0.2, 0.25) is 0 Å². The number of aromatic nitrogens is 3. The summed E-state index contributed by atoms with van der Waals surface area (Å²) < 4.78 is 0. The molecule has 2 aromatic heterocycles. The molecule has 0 aliphatic carbocycles. The molecule has 0 atom stereocenters. The maximum atomic E-state index is 8.78. The average Bonchev–Trinajstić information content (AvgIpc) is 2.58. The summed E-state index contributed by atoms with van der Waals surface area (Å²) in [5.74, 6) is 1.56. The number of nitrogen functional groups attached to an aromatic ring is 1. The Morgan fingerprint density at radius 3 is 2.43 bits per heavy atom. The Balaban J connectivity index is 2.25. The lowest BCUT2D eigenvalue weighted by Gasteiger charge is -2.23. The van der Waals surface area contributed by atoms with Crippen LogP contribution in [0.25, 0.3) is 0 Å². The van der Waals surface area contributed by atoms with E-state index in [1.165, 1.54) is 6.33 Å². The van der Waals surface area contributed by atoms with Crippen LogP contribution in [0.15, 0.2) is 30.7 Å². The van der Waals surface area contributed by atoms with Crippen LogP contribution in [0.5, 0.6) is 0 Å². The minimum Gasteiger partial charge on any atom is -0.393 e. The van der Waals surface area contributed by atoms with Crippen molar-refractivity contribution in [3.05, 3.63) is 30.7 Å². The highest BCUT2D eigenvalue weighted by Gasteiger charge is 2.15. The molecule has 8 heteroatoms. The minimum absolute atomic E-state index is 0.317. The van der Waals surface area contributed by atoms with Crippen LogP contribution in [-0.2, 0) is 0 Å². The molecule has 2 rings (SSSR count). The first kappa shape index (κ1) is 16.0. The van der Waals surface area contributed by atoms with E-state index in [1.54, 1.807) is 12.3 Å². The van der Waals surface area contributed by atoms with Crippen molar-refractivity contribution in [3.8, 4) is 12.1 Å². The van der Waals surface area contributed by atoms with E-state index in [0.29, 0.717) is 49.1 Å². The van der Waals surface area contributed by atoms with Crippen molar-refractivity contribution < 1.29 is 0 Å². The maximum Gasteiger partial charge on any atom is 0.160 e. The van der Waals surface area contributed by atoms with Gasteiger partial charge in [0, 0.05) is 19.3 Å². The highest BCUT2D eigenvalue weighted by atomic mass is 15.2. The number of rotatable bonds is 7. The van der Waals surface area contributed by atoms with Gasteiger partial charge in [0.1, 0.15) is 17.8 Å². The van der Waals surface area contributed by atoms with E-state index >= 15 is 0 Å². The summed E-state index contributed by atoms with van der Waals surface area (Å²) in [5, 5.41) is 20.6. The molecule has 0 fully saturated rings. The standard InChI is InChI=1S/C15H16N8/c16-6-3-9-23(10-4-7-17)15-13(18)14(20-11-21-15)22-12-5-1-2-8-19-12/h1-2,5,8,11H,3-4,9-10,18H2,(H,19,20,21,22). The Kier molecular flexibility index (Phi) is 5.67. The van der Waals surface area contributed by atoms with Crippen LogP contribution in [0, 0.1) is 22.7 Å². The van der Waals surface area contributed by atoms with Crippen LogP contribution in [0.3, 0.4) is 0 Å². The summed E-state index contributed by atoms with van der Waals surface area (Å²) in [4.78, 5) is 14.3. The number of hydrogen-bond acceptors (Lipinski definition) is 8. The number of pyridine rings is 1. The van der Waals surface area contributed by atoms with Crippen LogP contribution >= 0.6 is 0 Å². The van der Waals surface area contributed by atoms with Gasteiger partial charge < -0.3 is 16.0 Å². The average molecular weight is 308 g/mol. The summed E-state index contributed by atoms with van der Waals surface area (Å²) in [5.41, 5.74) is 6.51. The minimum atomic E-state index is 0.317. The lowest BCUT2D eigenvalue weighted by atomic mass is 10.3. The fourth-order valence-electron chi connectivity index (χ4n) is 1.99. The van der Waals surface area contributed by atoms with Crippen LogP contribution in [0.4, 0.5) is 23.1 Å². The maximum absolute atomic E-state index is 8.78. The number of nitrogens with one attached hydrogen (secondary N) is 1. The molecule has 23 heavy (non-hydrogen) atoms. The molecular formula is C15H16N8. The Morgan fingerprint density at radius 1 is 1.09 bits per heavy atom. The molecule has 0 amide bonds. The van der Waals surface area contributed by atoms with Crippen molar-refractivity contribution in [2.75, 3.05) is 29.0 Å². The summed E-state index contributed by atoms with van der Waals surface area (Å²) in [6, 6.07) is 9.62. The highest BCUT2D eigenvalue weighted by molar-refractivity contribution is 5.77. The zero-order chi connectivity index (χ0) is 16.5. The van der Waals surface area contributed by atoms with E-state index in [1.807, 2.05) is 17.0 Å².